The lowest BCUT2D eigenvalue weighted by atomic mass is 9.90. The number of anilines is 1. The van der Waals surface area contributed by atoms with Gasteiger partial charge in [-0.15, -0.1) is 0 Å². The summed E-state index contributed by atoms with van der Waals surface area (Å²) in [5.74, 6) is -2.33. The lowest BCUT2D eigenvalue weighted by Crippen LogP contribution is -2.47. The average Bonchev–Trinajstić information content (AvgIpc) is 2.54. The SMILES string of the molecule is CC1CC(C(=O)O)CN(C(=O)CS(=O)(=O)Nc2ccc(OC(C)C)cc2)C1. The van der Waals surface area contributed by atoms with Gasteiger partial charge in [-0.3, -0.25) is 14.3 Å². The lowest BCUT2D eigenvalue weighted by Gasteiger charge is -2.34. The Balaban J connectivity index is 1.98. The summed E-state index contributed by atoms with van der Waals surface area (Å²) in [6, 6.07) is 6.40. The van der Waals surface area contributed by atoms with E-state index in [4.69, 9.17) is 4.74 Å². The van der Waals surface area contributed by atoms with E-state index in [0.717, 1.165) is 0 Å². The van der Waals surface area contributed by atoms with Crippen molar-refractivity contribution in [1.82, 2.24) is 4.90 Å². The van der Waals surface area contributed by atoms with Crippen LogP contribution < -0.4 is 9.46 Å². The van der Waals surface area contributed by atoms with E-state index in [2.05, 4.69) is 4.72 Å². The van der Waals surface area contributed by atoms with Crippen molar-refractivity contribution in [2.45, 2.75) is 33.3 Å². The van der Waals surface area contributed by atoms with Gasteiger partial charge in [0.1, 0.15) is 11.5 Å². The molecule has 1 aliphatic heterocycles. The van der Waals surface area contributed by atoms with E-state index in [0.29, 0.717) is 24.4 Å². The summed E-state index contributed by atoms with van der Waals surface area (Å²) < 4.78 is 32.5. The Hall–Kier alpha value is -2.29. The number of hydrogen-bond donors (Lipinski definition) is 2. The number of nitrogens with zero attached hydrogens (tertiary/aromatic N) is 1. The van der Waals surface area contributed by atoms with Crippen molar-refractivity contribution in [3.63, 3.8) is 0 Å². The molecule has 1 fully saturated rings. The van der Waals surface area contributed by atoms with Gasteiger partial charge < -0.3 is 14.7 Å². The molecular formula is C18H26N2O6S. The predicted molar refractivity (Wildman–Crippen MR) is 101 cm³/mol. The highest BCUT2D eigenvalue weighted by molar-refractivity contribution is 7.93. The number of aliphatic carboxylic acids is 1. The Morgan fingerprint density at radius 1 is 1.26 bits per heavy atom. The monoisotopic (exact) mass is 398 g/mol. The number of ether oxygens (including phenoxy) is 1. The number of hydrogen-bond acceptors (Lipinski definition) is 5. The van der Waals surface area contributed by atoms with E-state index in [1.54, 1.807) is 24.3 Å². The Morgan fingerprint density at radius 2 is 1.89 bits per heavy atom. The minimum atomic E-state index is -3.90. The molecule has 0 bridgehead atoms. The maximum absolute atomic E-state index is 12.4. The topological polar surface area (TPSA) is 113 Å². The van der Waals surface area contributed by atoms with Crippen LogP contribution >= 0.6 is 0 Å². The van der Waals surface area contributed by atoms with Gasteiger partial charge >= 0.3 is 5.97 Å². The Bertz CT molecular complexity index is 776. The molecule has 0 aliphatic carbocycles. The Kier molecular flexibility index (Phi) is 6.69. The molecule has 8 nitrogen and oxygen atoms in total. The number of likely N-dealkylation sites (tertiary alicyclic amines) is 1. The smallest absolute Gasteiger partial charge is 0.308 e. The number of rotatable bonds is 7. The minimum absolute atomic E-state index is 0.00623. The molecule has 1 saturated heterocycles. The minimum Gasteiger partial charge on any atom is -0.491 e. The second-order valence-electron chi connectivity index (χ2n) is 7.23. The number of amides is 1. The summed E-state index contributed by atoms with van der Waals surface area (Å²) in [4.78, 5) is 24.9. The number of carbonyl (C=O) groups is 2. The molecule has 9 heteroatoms. The summed E-state index contributed by atoms with van der Waals surface area (Å²) in [7, 11) is -3.90. The zero-order valence-corrected chi connectivity index (χ0v) is 16.5. The summed E-state index contributed by atoms with van der Waals surface area (Å²) in [5.41, 5.74) is 0.328. The first-order valence-electron chi connectivity index (χ1n) is 8.83. The van der Waals surface area contributed by atoms with Gasteiger partial charge in [-0.2, -0.15) is 0 Å². The average molecular weight is 398 g/mol. The molecule has 1 amide bonds. The zero-order valence-electron chi connectivity index (χ0n) is 15.7. The predicted octanol–water partition coefficient (Wildman–Crippen LogP) is 1.78. The van der Waals surface area contributed by atoms with Crippen LogP contribution in [0.2, 0.25) is 0 Å². The standard InChI is InChI=1S/C18H26N2O6S/c1-12(2)26-16-6-4-15(5-7-16)19-27(24,25)11-17(21)20-9-13(3)8-14(10-20)18(22)23/h4-7,12-14,19H,8-11H2,1-3H3,(H,22,23). The number of benzene rings is 1. The molecule has 1 aliphatic rings. The number of carboxylic acid groups (broad SMARTS) is 1. The van der Waals surface area contributed by atoms with E-state index >= 15 is 0 Å². The summed E-state index contributed by atoms with van der Waals surface area (Å²) in [6.07, 6.45) is 0.487. The largest absolute Gasteiger partial charge is 0.491 e. The number of sulfonamides is 1. The van der Waals surface area contributed by atoms with Crippen LogP contribution in [0, 0.1) is 11.8 Å². The fourth-order valence-corrected chi connectivity index (χ4v) is 4.15. The van der Waals surface area contributed by atoms with Gasteiger partial charge in [-0.05, 0) is 50.5 Å². The molecule has 2 rings (SSSR count). The Labute approximate surface area is 159 Å². The van der Waals surface area contributed by atoms with Gasteiger partial charge in [0.15, 0.2) is 0 Å². The molecular weight excluding hydrogens is 372 g/mol. The van der Waals surface area contributed by atoms with Crippen LogP contribution in [0.3, 0.4) is 0 Å². The van der Waals surface area contributed by atoms with Crippen molar-refractivity contribution in [3.8, 4) is 5.75 Å². The van der Waals surface area contributed by atoms with Gasteiger partial charge in [0.25, 0.3) is 0 Å². The first kappa shape index (κ1) is 21.0. The van der Waals surface area contributed by atoms with Crippen LogP contribution in [0.15, 0.2) is 24.3 Å². The van der Waals surface area contributed by atoms with Crippen molar-refractivity contribution >= 4 is 27.6 Å². The molecule has 2 N–H and O–H groups in total. The summed E-state index contributed by atoms with van der Waals surface area (Å²) in [5, 5.41) is 9.18. The number of piperidine rings is 1. The van der Waals surface area contributed by atoms with Crippen molar-refractivity contribution in [2.75, 3.05) is 23.6 Å². The molecule has 1 aromatic rings. The lowest BCUT2D eigenvalue weighted by molar-refractivity contribution is -0.146. The fourth-order valence-electron chi connectivity index (χ4n) is 3.08. The quantitative estimate of drug-likeness (QED) is 0.724. The number of carboxylic acids is 1. The molecule has 1 aromatic carbocycles. The van der Waals surface area contributed by atoms with E-state index in [1.807, 2.05) is 20.8 Å². The molecule has 27 heavy (non-hydrogen) atoms. The molecule has 1 heterocycles. The van der Waals surface area contributed by atoms with Crippen molar-refractivity contribution in [1.29, 1.82) is 0 Å². The van der Waals surface area contributed by atoms with E-state index < -0.39 is 33.6 Å². The van der Waals surface area contributed by atoms with Gasteiger partial charge in [0, 0.05) is 18.8 Å². The highest BCUT2D eigenvalue weighted by Crippen LogP contribution is 2.22. The van der Waals surface area contributed by atoms with E-state index in [9.17, 15) is 23.1 Å². The molecule has 150 valence electrons. The second-order valence-corrected chi connectivity index (χ2v) is 8.95. The van der Waals surface area contributed by atoms with Gasteiger partial charge in [-0.1, -0.05) is 6.92 Å². The molecule has 0 radical (unpaired) electrons. The summed E-state index contributed by atoms with van der Waals surface area (Å²) in [6.45, 7) is 6.02. The number of nitrogens with one attached hydrogen (secondary N) is 1. The number of carbonyl (C=O) groups excluding carboxylic acids is 1. The van der Waals surface area contributed by atoms with Crippen LogP contribution in [-0.4, -0.2) is 55.2 Å². The summed E-state index contributed by atoms with van der Waals surface area (Å²) >= 11 is 0. The highest BCUT2D eigenvalue weighted by atomic mass is 32.2. The highest BCUT2D eigenvalue weighted by Gasteiger charge is 2.33. The zero-order chi connectivity index (χ0) is 20.2. The second kappa shape index (κ2) is 8.60. The first-order valence-corrected chi connectivity index (χ1v) is 10.5. The fraction of sp³-hybridized carbons (Fsp3) is 0.556. The molecule has 0 aromatic heterocycles. The Morgan fingerprint density at radius 3 is 2.44 bits per heavy atom. The normalized spacial score (nSPS) is 20.4. The molecule has 0 saturated carbocycles. The maximum Gasteiger partial charge on any atom is 0.308 e. The van der Waals surface area contributed by atoms with Gasteiger partial charge in [0.2, 0.25) is 15.9 Å². The third-order valence-electron chi connectivity index (χ3n) is 4.17. The van der Waals surface area contributed by atoms with Crippen LogP contribution in [0.25, 0.3) is 0 Å². The van der Waals surface area contributed by atoms with E-state index in [-0.39, 0.29) is 18.6 Å². The third kappa shape index (κ3) is 6.42. The van der Waals surface area contributed by atoms with Crippen molar-refractivity contribution < 1.29 is 27.9 Å². The molecule has 2 unspecified atom stereocenters. The van der Waals surface area contributed by atoms with Crippen LogP contribution in [0.4, 0.5) is 5.69 Å². The van der Waals surface area contributed by atoms with Crippen LogP contribution in [0.5, 0.6) is 5.75 Å². The van der Waals surface area contributed by atoms with Gasteiger partial charge in [0.05, 0.1) is 12.0 Å². The van der Waals surface area contributed by atoms with E-state index in [1.165, 1.54) is 4.90 Å². The van der Waals surface area contributed by atoms with Crippen molar-refractivity contribution in [2.24, 2.45) is 11.8 Å². The van der Waals surface area contributed by atoms with Crippen LogP contribution in [0.1, 0.15) is 27.2 Å². The molecule has 2 atom stereocenters. The molecule has 0 spiro atoms. The van der Waals surface area contributed by atoms with Crippen LogP contribution in [-0.2, 0) is 19.6 Å². The first-order chi connectivity index (χ1) is 12.6. The third-order valence-corrected chi connectivity index (χ3v) is 5.35. The van der Waals surface area contributed by atoms with Gasteiger partial charge in [-0.25, -0.2) is 8.42 Å². The maximum atomic E-state index is 12.4. The van der Waals surface area contributed by atoms with Crippen molar-refractivity contribution in [3.05, 3.63) is 24.3 Å².